The van der Waals surface area contributed by atoms with Crippen LogP contribution in [0.1, 0.15) is 16.1 Å². The van der Waals surface area contributed by atoms with Gasteiger partial charge in [-0.2, -0.15) is 17.9 Å². The Hall–Kier alpha value is -4.28. The highest BCUT2D eigenvalue weighted by Crippen LogP contribution is 2.29. The van der Waals surface area contributed by atoms with Gasteiger partial charge in [0, 0.05) is 36.3 Å². The van der Waals surface area contributed by atoms with Gasteiger partial charge >= 0.3 is 12.1 Å². The van der Waals surface area contributed by atoms with Crippen molar-refractivity contribution in [2.24, 2.45) is 0 Å². The lowest BCUT2D eigenvalue weighted by atomic mass is 10.1. The lowest BCUT2D eigenvalue weighted by molar-refractivity contribution is -0.199. The number of nitrogens with zero attached hydrogens (tertiary/aromatic N) is 4. The molecule has 0 atom stereocenters. The van der Waals surface area contributed by atoms with Crippen LogP contribution < -0.4 is 10.2 Å². The second-order valence-corrected chi connectivity index (χ2v) is 7.25. The van der Waals surface area contributed by atoms with Crippen LogP contribution in [0.3, 0.4) is 0 Å². The van der Waals surface area contributed by atoms with Crippen molar-refractivity contribution in [2.45, 2.75) is 12.6 Å². The highest BCUT2D eigenvalue weighted by Gasteiger charge is 2.43. The first-order chi connectivity index (χ1) is 15.8. The Kier molecular flexibility index (Phi) is 4.81. The zero-order valence-corrected chi connectivity index (χ0v) is 16.8. The number of benzene rings is 1. The first kappa shape index (κ1) is 20.6. The molecule has 1 aromatic carbocycles. The highest BCUT2D eigenvalue weighted by molar-refractivity contribution is 5.98. The number of fused-ring (bicyclic) bond motifs is 2. The lowest BCUT2D eigenvalue weighted by Gasteiger charge is -2.17. The quantitative estimate of drug-likeness (QED) is 0.512. The second-order valence-electron chi connectivity index (χ2n) is 7.25. The van der Waals surface area contributed by atoms with E-state index in [2.05, 4.69) is 25.1 Å². The average molecular weight is 453 g/mol. The van der Waals surface area contributed by atoms with E-state index in [9.17, 15) is 22.8 Å². The molecule has 33 heavy (non-hydrogen) atoms. The van der Waals surface area contributed by atoms with E-state index in [-0.39, 0.29) is 41.4 Å². The molecule has 166 valence electrons. The van der Waals surface area contributed by atoms with Gasteiger partial charge in [-0.05, 0) is 24.3 Å². The summed E-state index contributed by atoms with van der Waals surface area (Å²) in [6, 6.07) is 12.1. The standard InChI is InChI=1S/C22H14F3N5O3/c23-22(24,25)21(32)33-30-17-6-8-27-20(31)14(17)10-18(30)16-5-7-26-19(29-16)13-9-12-3-1-2-4-15(12)28-11-13/h1-5,7,9-11H,6,8H2,(H,27,31). The Bertz CT molecular complexity index is 1410. The fraction of sp³-hybridized carbons (Fsp3) is 0.136. The third-order valence-corrected chi connectivity index (χ3v) is 5.12. The number of nitrogens with one attached hydrogen (secondary N) is 1. The van der Waals surface area contributed by atoms with Crippen LogP contribution in [-0.4, -0.2) is 44.3 Å². The third-order valence-electron chi connectivity index (χ3n) is 5.12. The molecule has 4 heterocycles. The Morgan fingerprint density at radius 1 is 1.12 bits per heavy atom. The molecule has 11 heteroatoms. The van der Waals surface area contributed by atoms with Crippen LogP contribution in [0, 0.1) is 0 Å². The zero-order chi connectivity index (χ0) is 23.2. The molecule has 1 amide bonds. The molecule has 0 spiro atoms. The van der Waals surface area contributed by atoms with Gasteiger partial charge in [-0.3, -0.25) is 9.78 Å². The van der Waals surface area contributed by atoms with Crippen molar-refractivity contribution >= 4 is 22.8 Å². The number of rotatable bonds is 3. The molecule has 3 aromatic heterocycles. The smallest absolute Gasteiger partial charge is 0.352 e. The van der Waals surface area contributed by atoms with Gasteiger partial charge in [0.15, 0.2) is 5.82 Å². The molecule has 0 fully saturated rings. The monoisotopic (exact) mass is 453 g/mol. The average Bonchev–Trinajstić information content (AvgIpc) is 3.18. The van der Waals surface area contributed by atoms with Crippen LogP contribution in [0.15, 0.2) is 54.9 Å². The van der Waals surface area contributed by atoms with Gasteiger partial charge in [0.25, 0.3) is 5.91 Å². The molecule has 1 aliphatic heterocycles. The van der Waals surface area contributed by atoms with E-state index in [0.717, 1.165) is 15.6 Å². The number of alkyl halides is 3. The predicted molar refractivity (Wildman–Crippen MR) is 110 cm³/mol. The molecule has 0 saturated carbocycles. The van der Waals surface area contributed by atoms with E-state index < -0.39 is 18.1 Å². The van der Waals surface area contributed by atoms with E-state index in [0.29, 0.717) is 5.56 Å². The van der Waals surface area contributed by atoms with E-state index in [1.807, 2.05) is 30.3 Å². The third kappa shape index (κ3) is 3.77. The predicted octanol–water partition coefficient (Wildman–Crippen LogP) is 2.96. The Labute approximate surface area is 184 Å². The first-order valence-electron chi connectivity index (χ1n) is 9.82. The maximum atomic E-state index is 12.9. The molecule has 5 rings (SSSR count). The Morgan fingerprint density at radius 2 is 1.94 bits per heavy atom. The van der Waals surface area contributed by atoms with Crippen molar-refractivity contribution in [1.29, 1.82) is 0 Å². The van der Waals surface area contributed by atoms with Gasteiger partial charge in [0.2, 0.25) is 0 Å². The van der Waals surface area contributed by atoms with Crippen molar-refractivity contribution < 1.29 is 27.6 Å². The van der Waals surface area contributed by atoms with Gasteiger partial charge in [0.1, 0.15) is 5.69 Å². The van der Waals surface area contributed by atoms with Crippen LogP contribution >= 0.6 is 0 Å². The van der Waals surface area contributed by atoms with Crippen molar-refractivity contribution in [3.05, 3.63) is 66.1 Å². The second kappa shape index (κ2) is 7.69. The molecule has 0 radical (unpaired) electrons. The van der Waals surface area contributed by atoms with Crippen molar-refractivity contribution in [2.75, 3.05) is 6.54 Å². The zero-order valence-electron chi connectivity index (χ0n) is 16.8. The summed E-state index contributed by atoms with van der Waals surface area (Å²) in [6.07, 6.45) is -2.02. The van der Waals surface area contributed by atoms with Crippen molar-refractivity contribution in [1.82, 2.24) is 25.0 Å². The van der Waals surface area contributed by atoms with Crippen molar-refractivity contribution in [3.63, 3.8) is 0 Å². The van der Waals surface area contributed by atoms with E-state index in [1.165, 1.54) is 18.3 Å². The summed E-state index contributed by atoms with van der Waals surface area (Å²) in [6.45, 7) is 0.191. The Morgan fingerprint density at radius 3 is 2.76 bits per heavy atom. The molecule has 4 aromatic rings. The first-order valence-corrected chi connectivity index (χ1v) is 9.82. The number of carbonyl (C=O) groups is 2. The summed E-state index contributed by atoms with van der Waals surface area (Å²) in [5, 5.41) is 3.47. The molecule has 1 N–H and O–H groups in total. The van der Waals surface area contributed by atoms with Gasteiger partial charge in [-0.1, -0.05) is 18.2 Å². The molecule has 0 unspecified atom stereocenters. The summed E-state index contributed by atoms with van der Waals surface area (Å²) in [7, 11) is 0. The molecule has 0 saturated heterocycles. The molecule has 0 bridgehead atoms. The summed E-state index contributed by atoms with van der Waals surface area (Å²) >= 11 is 0. The summed E-state index contributed by atoms with van der Waals surface area (Å²) < 4.78 is 39.4. The van der Waals surface area contributed by atoms with Gasteiger partial charge < -0.3 is 10.2 Å². The molecule has 1 aliphatic rings. The molecule has 0 aliphatic carbocycles. The SMILES string of the molecule is O=C1NCCc2c1cc(-c1ccnc(-c3cnc4ccccc4c3)n1)n2OC(=O)C(F)(F)F. The van der Waals surface area contributed by atoms with Crippen molar-refractivity contribution in [3.8, 4) is 22.8 Å². The number of amides is 1. The van der Waals surface area contributed by atoms with Gasteiger partial charge in [-0.15, -0.1) is 0 Å². The number of carbonyl (C=O) groups excluding carboxylic acids is 2. The maximum absolute atomic E-state index is 12.9. The van der Waals surface area contributed by atoms with Gasteiger partial charge in [-0.25, -0.2) is 14.8 Å². The number of halogens is 3. The van der Waals surface area contributed by atoms with Crippen LogP contribution in [0.4, 0.5) is 13.2 Å². The highest BCUT2D eigenvalue weighted by atomic mass is 19.4. The minimum atomic E-state index is -5.21. The maximum Gasteiger partial charge on any atom is 0.493 e. The van der Waals surface area contributed by atoms with Crippen LogP contribution in [-0.2, 0) is 11.2 Å². The topological polar surface area (TPSA) is 99.0 Å². The number of para-hydroxylation sites is 1. The fourth-order valence-electron chi connectivity index (χ4n) is 3.61. The summed E-state index contributed by atoms with van der Waals surface area (Å²) in [4.78, 5) is 41.5. The number of aromatic nitrogens is 4. The summed E-state index contributed by atoms with van der Waals surface area (Å²) in [5.41, 5.74) is 1.82. The number of pyridine rings is 1. The Balaban J connectivity index is 1.61. The minimum Gasteiger partial charge on any atom is -0.352 e. The number of hydrogen-bond acceptors (Lipinski definition) is 6. The fourth-order valence-corrected chi connectivity index (χ4v) is 3.61. The largest absolute Gasteiger partial charge is 0.493 e. The van der Waals surface area contributed by atoms with Crippen LogP contribution in [0.2, 0.25) is 0 Å². The van der Waals surface area contributed by atoms with Gasteiger partial charge in [0.05, 0.1) is 22.5 Å². The van der Waals surface area contributed by atoms with Crippen LogP contribution in [0.5, 0.6) is 0 Å². The molecular weight excluding hydrogens is 439 g/mol. The van der Waals surface area contributed by atoms with E-state index >= 15 is 0 Å². The normalized spacial score (nSPS) is 13.5. The van der Waals surface area contributed by atoms with Crippen LogP contribution in [0.25, 0.3) is 33.7 Å². The summed E-state index contributed by atoms with van der Waals surface area (Å²) in [5.74, 6) is -2.61. The molecule has 8 nitrogen and oxygen atoms in total. The minimum absolute atomic E-state index is 0.0204. The lowest BCUT2D eigenvalue weighted by Crippen LogP contribution is -2.37. The number of hydrogen-bond donors (Lipinski definition) is 1. The van der Waals surface area contributed by atoms with E-state index in [4.69, 9.17) is 0 Å². The molecular formula is C22H14F3N5O3. The van der Waals surface area contributed by atoms with E-state index in [1.54, 1.807) is 6.20 Å².